The Bertz CT molecular complexity index is 442. The van der Waals surface area contributed by atoms with E-state index in [1.54, 1.807) is 0 Å². The van der Waals surface area contributed by atoms with E-state index in [-0.39, 0.29) is 6.03 Å². The third-order valence-electron chi connectivity index (χ3n) is 7.23. The number of nitrogens with one attached hydrogen (secondary N) is 2. The molecular weight excluding hydrogens is 290 g/mol. The molecule has 0 aromatic rings. The molecule has 1 aliphatic carbocycles. The van der Waals surface area contributed by atoms with Crippen LogP contribution in [0, 0.1) is 16.7 Å². The van der Waals surface area contributed by atoms with Crippen LogP contribution in [0.15, 0.2) is 0 Å². The first-order valence-electron chi connectivity index (χ1n) is 9.53. The highest BCUT2D eigenvalue weighted by atomic mass is 16.5. The molecule has 5 nitrogen and oxygen atoms in total. The molecule has 4 fully saturated rings. The molecule has 3 aliphatic heterocycles. The second-order valence-corrected chi connectivity index (χ2v) is 8.32. The zero-order valence-electron chi connectivity index (χ0n) is 14.2. The van der Waals surface area contributed by atoms with Crippen molar-refractivity contribution in [3.8, 4) is 0 Å². The van der Waals surface area contributed by atoms with Gasteiger partial charge in [0.25, 0.3) is 0 Å². The van der Waals surface area contributed by atoms with Crippen LogP contribution in [0.1, 0.15) is 44.9 Å². The third kappa shape index (κ3) is 2.98. The molecule has 4 rings (SSSR count). The Morgan fingerprint density at radius 2 is 1.91 bits per heavy atom. The Morgan fingerprint density at radius 3 is 2.61 bits per heavy atom. The number of ether oxygens (including phenoxy) is 1. The van der Waals surface area contributed by atoms with Crippen LogP contribution in [0.3, 0.4) is 0 Å². The zero-order valence-corrected chi connectivity index (χ0v) is 14.2. The van der Waals surface area contributed by atoms with Gasteiger partial charge in [0.1, 0.15) is 0 Å². The molecule has 130 valence electrons. The Morgan fingerprint density at radius 1 is 1.13 bits per heavy atom. The van der Waals surface area contributed by atoms with E-state index in [9.17, 15) is 4.79 Å². The van der Waals surface area contributed by atoms with Crippen LogP contribution in [0.25, 0.3) is 0 Å². The monoisotopic (exact) mass is 321 g/mol. The Hall–Kier alpha value is -0.810. The average molecular weight is 321 g/mol. The maximum absolute atomic E-state index is 12.6. The van der Waals surface area contributed by atoms with E-state index in [2.05, 4.69) is 15.5 Å². The largest absolute Gasteiger partial charge is 0.381 e. The van der Waals surface area contributed by atoms with Crippen LogP contribution in [-0.2, 0) is 4.74 Å². The van der Waals surface area contributed by atoms with E-state index in [1.807, 2.05) is 0 Å². The van der Waals surface area contributed by atoms with Crippen molar-refractivity contribution in [2.24, 2.45) is 16.7 Å². The van der Waals surface area contributed by atoms with E-state index in [4.69, 9.17) is 4.74 Å². The van der Waals surface area contributed by atoms with Crippen molar-refractivity contribution >= 4 is 6.03 Å². The van der Waals surface area contributed by atoms with Crippen LogP contribution in [0.5, 0.6) is 0 Å². The molecule has 23 heavy (non-hydrogen) atoms. The van der Waals surface area contributed by atoms with Gasteiger partial charge < -0.3 is 20.3 Å². The highest BCUT2D eigenvalue weighted by molar-refractivity contribution is 5.74. The molecule has 3 saturated heterocycles. The molecule has 1 unspecified atom stereocenters. The number of amides is 2. The molecule has 3 heterocycles. The number of rotatable bonds is 2. The first-order valence-corrected chi connectivity index (χ1v) is 9.53. The minimum atomic E-state index is 0.175. The standard InChI is InChI=1S/C18H31N3O2/c22-16(21-10-5-17(14-21)3-8-19-9-4-17)20-13-15-1-2-18(15)6-11-23-12-7-18/h15,19H,1-14H2,(H,20,22). The van der Waals surface area contributed by atoms with Crippen LogP contribution in [0.4, 0.5) is 4.79 Å². The van der Waals surface area contributed by atoms with Gasteiger partial charge in [-0.1, -0.05) is 0 Å². The van der Waals surface area contributed by atoms with Crippen molar-refractivity contribution in [2.75, 3.05) is 45.9 Å². The van der Waals surface area contributed by atoms with Crippen LogP contribution in [0.2, 0.25) is 0 Å². The molecule has 5 heteroatoms. The summed E-state index contributed by atoms with van der Waals surface area (Å²) in [4.78, 5) is 14.6. The summed E-state index contributed by atoms with van der Waals surface area (Å²) in [6.07, 6.45) is 8.62. The summed E-state index contributed by atoms with van der Waals surface area (Å²) >= 11 is 0. The molecule has 2 N–H and O–H groups in total. The number of likely N-dealkylation sites (tertiary alicyclic amines) is 1. The number of carbonyl (C=O) groups excluding carboxylic acids is 1. The Kier molecular flexibility index (Phi) is 4.26. The lowest BCUT2D eigenvalue weighted by Gasteiger charge is -2.52. The highest BCUT2D eigenvalue weighted by Gasteiger charge is 2.47. The van der Waals surface area contributed by atoms with E-state index in [1.165, 1.54) is 44.9 Å². The topological polar surface area (TPSA) is 53.6 Å². The second-order valence-electron chi connectivity index (χ2n) is 8.32. The fourth-order valence-corrected chi connectivity index (χ4v) is 5.31. The van der Waals surface area contributed by atoms with Crippen LogP contribution >= 0.6 is 0 Å². The van der Waals surface area contributed by atoms with Gasteiger partial charge in [0.15, 0.2) is 0 Å². The lowest BCUT2D eigenvalue weighted by atomic mass is 9.56. The van der Waals surface area contributed by atoms with E-state index < -0.39 is 0 Å². The van der Waals surface area contributed by atoms with Gasteiger partial charge in [0.2, 0.25) is 0 Å². The predicted octanol–water partition coefficient (Wildman–Crippen LogP) is 1.98. The number of hydrogen-bond donors (Lipinski definition) is 2. The third-order valence-corrected chi connectivity index (χ3v) is 7.23. The van der Waals surface area contributed by atoms with Gasteiger partial charge in [-0.2, -0.15) is 0 Å². The molecular formula is C18H31N3O2. The van der Waals surface area contributed by atoms with Gasteiger partial charge in [0, 0.05) is 32.8 Å². The maximum atomic E-state index is 12.6. The van der Waals surface area contributed by atoms with E-state index in [0.717, 1.165) is 45.9 Å². The first-order chi connectivity index (χ1) is 11.2. The minimum Gasteiger partial charge on any atom is -0.381 e. The number of carbonyl (C=O) groups is 1. The van der Waals surface area contributed by atoms with Gasteiger partial charge in [-0.3, -0.25) is 0 Å². The summed E-state index contributed by atoms with van der Waals surface area (Å²) in [5, 5.41) is 6.69. The fraction of sp³-hybridized carbons (Fsp3) is 0.944. The molecule has 4 aliphatic rings. The van der Waals surface area contributed by atoms with Crippen molar-refractivity contribution in [2.45, 2.75) is 44.9 Å². The smallest absolute Gasteiger partial charge is 0.317 e. The molecule has 2 spiro atoms. The first kappa shape index (κ1) is 15.7. The number of nitrogens with zero attached hydrogens (tertiary/aromatic N) is 1. The summed E-state index contributed by atoms with van der Waals surface area (Å²) in [6.45, 7) is 6.81. The van der Waals surface area contributed by atoms with Gasteiger partial charge in [-0.15, -0.1) is 0 Å². The molecule has 0 bridgehead atoms. The summed E-state index contributed by atoms with van der Waals surface area (Å²) < 4.78 is 5.52. The number of piperidine rings is 1. The van der Waals surface area contributed by atoms with Crippen molar-refractivity contribution in [1.82, 2.24) is 15.5 Å². The number of hydrogen-bond acceptors (Lipinski definition) is 3. The molecule has 1 atom stereocenters. The molecule has 0 radical (unpaired) electrons. The van der Waals surface area contributed by atoms with Crippen LogP contribution in [-0.4, -0.2) is 56.9 Å². The van der Waals surface area contributed by atoms with Gasteiger partial charge >= 0.3 is 6.03 Å². The Balaban J connectivity index is 1.26. The zero-order chi connectivity index (χ0) is 15.8. The lowest BCUT2D eigenvalue weighted by Crippen LogP contribution is -2.51. The molecule has 2 amide bonds. The summed E-state index contributed by atoms with van der Waals surface area (Å²) in [5.74, 6) is 0.672. The molecule has 0 aromatic heterocycles. The van der Waals surface area contributed by atoms with Gasteiger partial charge in [0.05, 0.1) is 0 Å². The van der Waals surface area contributed by atoms with Crippen LogP contribution < -0.4 is 10.6 Å². The highest BCUT2D eigenvalue weighted by Crippen LogP contribution is 2.53. The minimum absolute atomic E-state index is 0.175. The summed E-state index contributed by atoms with van der Waals surface area (Å²) in [5.41, 5.74) is 0.883. The number of urea groups is 1. The normalized spacial score (nSPS) is 32.0. The van der Waals surface area contributed by atoms with Gasteiger partial charge in [-0.05, 0) is 74.8 Å². The van der Waals surface area contributed by atoms with Crippen molar-refractivity contribution in [3.63, 3.8) is 0 Å². The maximum Gasteiger partial charge on any atom is 0.317 e. The SMILES string of the molecule is O=C(NCC1CCC12CCOCC2)N1CCC2(CCNCC2)C1. The van der Waals surface area contributed by atoms with E-state index in [0.29, 0.717) is 16.7 Å². The van der Waals surface area contributed by atoms with E-state index >= 15 is 0 Å². The summed E-state index contributed by atoms with van der Waals surface area (Å²) in [7, 11) is 0. The Labute approximate surface area is 139 Å². The van der Waals surface area contributed by atoms with Gasteiger partial charge in [-0.25, -0.2) is 4.79 Å². The molecule has 0 aromatic carbocycles. The quantitative estimate of drug-likeness (QED) is 0.818. The summed E-state index contributed by atoms with van der Waals surface area (Å²) in [6, 6.07) is 0.175. The predicted molar refractivity (Wildman–Crippen MR) is 89.3 cm³/mol. The van der Waals surface area contributed by atoms with Crippen molar-refractivity contribution in [1.29, 1.82) is 0 Å². The molecule has 1 saturated carbocycles. The fourth-order valence-electron chi connectivity index (χ4n) is 5.31. The van der Waals surface area contributed by atoms with Crippen molar-refractivity contribution in [3.05, 3.63) is 0 Å². The van der Waals surface area contributed by atoms with Crippen molar-refractivity contribution < 1.29 is 9.53 Å². The average Bonchev–Trinajstić information content (AvgIpc) is 2.99. The second kappa shape index (κ2) is 6.25. The lowest BCUT2D eigenvalue weighted by molar-refractivity contribution is -0.0738.